The molecule has 1 aromatic carbocycles. The Morgan fingerprint density at radius 1 is 1.10 bits per heavy atom. The Hall–Kier alpha value is -1.42. The van der Waals surface area contributed by atoms with E-state index in [1.807, 2.05) is 0 Å². The molecule has 0 fully saturated rings. The monoisotopic (exact) mass is 310 g/mol. The van der Waals surface area contributed by atoms with Crippen molar-refractivity contribution in [1.82, 2.24) is 0 Å². The van der Waals surface area contributed by atoms with Crippen LogP contribution in [0, 0.1) is 0 Å². The summed E-state index contributed by atoms with van der Waals surface area (Å²) in [7, 11) is 0. The summed E-state index contributed by atoms with van der Waals surface area (Å²) in [5.74, 6) is 0.933. The number of rotatable bonds is 4. The van der Waals surface area contributed by atoms with E-state index in [9.17, 15) is 4.79 Å². The summed E-state index contributed by atoms with van der Waals surface area (Å²) in [4.78, 5) is 10.7. The smallest absolute Gasteiger partial charge is 0.303 e. The fraction of sp³-hybridized carbons (Fsp3) is 0.562. The van der Waals surface area contributed by atoms with Crippen LogP contribution in [-0.2, 0) is 24.1 Å². The molecule has 1 aromatic rings. The molecule has 0 aliphatic carbocycles. The summed E-state index contributed by atoms with van der Waals surface area (Å²) in [6.45, 7) is 1.40. The first-order chi connectivity index (χ1) is 10.2. The number of hydrogen-bond donors (Lipinski definition) is 1. The van der Waals surface area contributed by atoms with Gasteiger partial charge in [0.05, 0.1) is 18.2 Å². The number of carbonyl (C=O) groups is 1. The van der Waals surface area contributed by atoms with Crippen LogP contribution in [0.3, 0.4) is 0 Å². The molecule has 2 aliphatic heterocycles. The topological polar surface area (TPSA) is 55.8 Å². The van der Waals surface area contributed by atoms with Crippen LogP contribution in [0.2, 0.25) is 5.02 Å². The maximum atomic E-state index is 10.7. The van der Waals surface area contributed by atoms with Gasteiger partial charge in [0.1, 0.15) is 11.5 Å². The Labute approximate surface area is 129 Å². The van der Waals surface area contributed by atoms with Gasteiger partial charge < -0.3 is 14.6 Å². The molecule has 21 heavy (non-hydrogen) atoms. The highest BCUT2D eigenvalue weighted by molar-refractivity contribution is 6.33. The number of ether oxygens (including phenoxy) is 2. The van der Waals surface area contributed by atoms with Gasteiger partial charge in [-0.1, -0.05) is 11.6 Å². The molecular formula is C16H19ClO4. The maximum Gasteiger partial charge on any atom is 0.303 e. The zero-order chi connectivity index (χ0) is 14.8. The number of carboxylic acid groups (broad SMARTS) is 1. The third-order valence-corrected chi connectivity index (χ3v) is 4.50. The van der Waals surface area contributed by atoms with Crippen LogP contribution in [0.5, 0.6) is 11.5 Å². The van der Waals surface area contributed by atoms with Gasteiger partial charge in [0, 0.05) is 23.1 Å². The minimum Gasteiger partial charge on any atom is -0.493 e. The lowest BCUT2D eigenvalue weighted by Crippen LogP contribution is -2.18. The lowest BCUT2D eigenvalue weighted by molar-refractivity contribution is -0.137. The van der Waals surface area contributed by atoms with Crippen molar-refractivity contribution in [3.8, 4) is 11.5 Å². The molecule has 0 radical (unpaired) electrons. The van der Waals surface area contributed by atoms with E-state index in [1.54, 1.807) is 0 Å². The van der Waals surface area contributed by atoms with Gasteiger partial charge in [-0.15, -0.1) is 0 Å². The molecule has 2 heterocycles. The average Bonchev–Trinajstić information content (AvgIpc) is 2.50. The second kappa shape index (κ2) is 6.14. The number of carboxylic acids is 1. The predicted octanol–water partition coefficient (Wildman–Crippen LogP) is 3.40. The van der Waals surface area contributed by atoms with Gasteiger partial charge >= 0.3 is 5.97 Å². The second-order valence-corrected chi connectivity index (χ2v) is 5.94. The molecular weight excluding hydrogens is 292 g/mol. The number of benzene rings is 1. The molecule has 0 unspecified atom stereocenters. The van der Waals surface area contributed by atoms with Crippen molar-refractivity contribution < 1.29 is 19.4 Å². The standard InChI is InChI=1S/C16H19ClO4/c17-14-12-6-3-8-20-15(12)10(4-1-7-13(18)19)11-5-2-9-21-16(11)14/h1-9H2,(H,18,19). The van der Waals surface area contributed by atoms with E-state index in [0.717, 1.165) is 53.9 Å². The van der Waals surface area contributed by atoms with Crippen molar-refractivity contribution in [2.75, 3.05) is 13.2 Å². The first-order valence-corrected chi connectivity index (χ1v) is 7.89. The van der Waals surface area contributed by atoms with Gasteiger partial charge in [0.2, 0.25) is 0 Å². The van der Waals surface area contributed by atoms with Gasteiger partial charge in [0.25, 0.3) is 0 Å². The Bertz CT molecular complexity index is 531. The Morgan fingerprint density at radius 2 is 1.76 bits per heavy atom. The first kappa shape index (κ1) is 14.5. The van der Waals surface area contributed by atoms with Crippen molar-refractivity contribution in [2.24, 2.45) is 0 Å². The molecule has 0 atom stereocenters. The van der Waals surface area contributed by atoms with E-state index in [4.69, 9.17) is 26.2 Å². The van der Waals surface area contributed by atoms with Gasteiger partial charge in [0.15, 0.2) is 0 Å². The number of hydrogen-bond acceptors (Lipinski definition) is 3. The van der Waals surface area contributed by atoms with E-state index in [0.29, 0.717) is 31.1 Å². The minimum atomic E-state index is -0.760. The van der Waals surface area contributed by atoms with Gasteiger partial charge in [-0.05, 0) is 38.5 Å². The van der Waals surface area contributed by atoms with Crippen LogP contribution in [0.1, 0.15) is 42.4 Å². The van der Waals surface area contributed by atoms with Crippen molar-refractivity contribution in [1.29, 1.82) is 0 Å². The molecule has 0 saturated heterocycles. The Morgan fingerprint density at radius 3 is 2.48 bits per heavy atom. The van der Waals surface area contributed by atoms with Gasteiger partial charge in [-0.2, -0.15) is 0 Å². The maximum absolute atomic E-state index is 10.7. The molecule has 0 saturated carbocycles. The normalized spacial score (nSPS) is 16.4. The fourth-order valence-electron chi connectivity index (χ4n) is 3.16. The molecule has 3 rings (SSSR count). The zero-order valence-electron chi connectivity index (χ0n) is 11.9. The fourth-order valence-corrected chi connectivity index (χ4v) is 3.51. The Balaban J connectivity index is 2.00. The molecule has 0 aromatic heterocycles. The lowest BCUT2D eigenvalue weighted by Gasteiger charge is -2.29. The SMILES string of the molecule is O=C(O)CCCc1c2c(c(Cl)c3c1OCCC3)OCCC2. The van der Waals surface area contributed by atoms with E-state index >= 15 is 0 Å². The summed E-state index contributed by atoms with van der Waals surface area (Å²) in [6, 6.07) is 0. The van der Waals surface area contributed by atoms with Crippen LogP contribution in [0.15, 0.2) is 0 Å². The van der Waals surface area contributed by atoms with Crippen molar-refractivity contribution in [3.05, 3.63) is 21.7 Å². The lowest BCUT2D eigenvalue weighted by atomic mass is 9.90. The highest BCUT2D eigenvalue weighted by Crippen LogP contribution is 2.46. The van der Waals surface area contributed by atoms with E-state index < -0.39 is 5.97 Å². The third-order valence-electron chi connectivity index (χ3n) is 4.10. The summed E-state index contributed by atoms with van der Waals surface area (Å²) in [6.07, 6.45) is 5.24. The van der Waals surface area contributed by atoms with Gasteiger partial charge in [-0.3, -0.25) is 4.79 Å². The quantitative estimate of drug-likeness (QED) is 0.926. The highest BCUT2D eigenvalue weighted by Gasteiger charge is 2.28. The molecule has 0 amide bonds. The third kappa shape index (κ3) is 2.82. The van der Waals surface area contributed by atoms with Crippen LogP contribution in [0.4, 0.5) is 0 Å². The molecule has 4 nitrogen and oxygen atoms in total. The molecule has 0 bridgehead atoms. The largest absolute Gasteiger partial charge is 0.493 e. The molecule has 1 N–H and O–H groups in total. The molecule has 2 aliphatic rings. The van der Waals surface area contributed by atoms with Gasteiger partial charge in [-0.25, -0.2) is 0 Å². The summed E-state index contributed by atoms with van der Waals surface area (Å²) >= 11 is 6.50. The number of aliphatic carboxylic acids is 1. The summed E-state index contributed by atoms with van der Waals surface area (Å²) in [5, 5.41) is 9.53. The number of halogens is 1. The zero-order valence-corrected chi connectivity index (χ0v) is 12.7. The van der Waals surface area contributed by atoms with Crippen LogP contribution in [0.25, 0.3) is 0 Å². The van der Waals surface area contributed by atoms with E-state index in [2.05, 4.69) is 0 Å². The van der Waals surface area contributed by atoms with Crippen LogP contribution in [-0.4, -0.2) is 24.3 Å². The Kier molecular flexibility index (Phi) is 4.24. The first-order valence-electron chi connectivity index (χ1n) is 7.52. The minimum absolute atomic E-state index is 0.174. The molecule has 0 spiro atoms. The average molecular weight is 311 g/mol. The second-order valence-electron chi connectivity index (χ2n) is 5.56. The predicted molar refractivity (Wildman–Crippen MR) is 79.7 cm³/mol. The highest BCUT2D eigenvalue weighted by atomic mass is 35.5. The summed E-state index contributed by atoms with van der Waals surface area (Å²) < 4.78 is 11.7. The molecule has 114 valence electrons. The summed E-state index contributed by atoms with van der Waals surface area (Å²) in [5.41, 5.74) is 3.27. The van der Waals surface area contributed by atoms with Crippen molar-refractivity contribution in [2.45, 2.75) is 44.9 Å². The van der Waals surface area contributed by atoms with Crippen molar-refractivity contribution in [3.63, 3.8) is 0 Å². The van der Waals surface area contributed by atoms with E-state index in [1.165, 1.54) is 0 Å². The molecule has 5 heteroatoms. The van der Waals surface area contributed by atoms with Crippen molar-refractivity contribution >= 4 is 17.6 Å². The van der Waals surface area contributed by atoms with E-state index in [-0.39, 0.29) is 6.42 Å². The number of fused-ring (bicyclic) bond motifs is 2. The van der Waals surface area contributed by atoms with Crippen LogP contribution < -0.4 is 9.47 Å². The van der Waals surface area contributed by atoms with Crippen LogP contribution >= 0.6 is 11.6 Å².